The third-order valence-corrected chi connectivity index (χ3v) is 6.65. The van der Waals surface area contributed by atoms with Crippen LogP contribution in [0.5, 0.6) is 5.75 Å². The van der Waals surface area contributed by atoms with E-state index in [0.717, 1.165) is 64.0 Å². The highest BCUT2D eigenvalue weighted by atomic mass is 16.5. The number of nitrogens with zero attached hydrogens (tertiary/aromatic N) is 4. The summed E-state index contributed by atoms with van der Waals surface area (Å²) >= 11 is 0. The topological polar surface area (TPSA) is 81.4 Å². The van der Waals surface area contributed by atoms with Gasteiger partial charge < -0.3 is 10.1 Å². The number of amides is 1. The summed E-state index contributed by atoms with van der Waals surface area (Å²) in [5.41, 5.74) is 6.41. The number of allylic oxidation sites excluding steroid dienone is 1. The minimum atomic E-state index is -0.122. The Kier molecular flexibility index (Phi) is 5.65. The molecule has 178 valence electrons. The van der Waals surface area contributed by atoms with Crippen LogP contribution in [0.2, 0.25) is 0 Å². The first kappa shape index (κ1) is 22.0. The van der Waals surface area contributed by atoms with Gasteiger partial charge in [-0.3, -0.25) is 9.20 Å². The number of ether oxygens (including phenoxy) is 1. The second-order valence-electron chi connectivity index (χ2n) is 8.86. The predicted octanol–water partition coefficient (Wildman–Crippen LogP) is 5.09. The normalized spacial score (nSPS) is 14.2. The van der Waals surface area contributed by atoms with Gasteiger partial charge in [-0.25, -0.2) is 4.98 Å². The molecule has 7 nitrogen and oxygen atoms in total. The molecule has 7 heteroatoms. The summed E-state index contributed by atoms with van der Waals surface area (Å²) < 4.78 is 7.18. The summed E-state index contributed by atoms with van der Waals surface area (Å²) in [5, 5.41) is 12.4. The van der Waals surface area contributed by atoms with Gasteiger partial charge in [-0.05, 0) is 72.4 Å². The Hall–Kier alpha value is -4.52. The van der Waals surface area contributed by atoms with Gasteiger partial charge in [0.05, 0.1) is 30.4 Å². The van der Waals surface area contributed by atoms with E-state index < -0.39 is 0 Å². The highest BCUT2D eigenvalue weighted by Gasteiger charge is 2.25. The fourth-order valence-corrected chi connectivity index (χ4v) is 4.89. The molecule has 0 unspecified atom stereocenters. The molecule has 0 spiro atoms. The molecule has 0 atom stereocenters. The van der Waals surface area contributed by atoms with Crippen LogP contribution >= 0.6 is 0 Å². The zero-order valence-corrected chi connectivity index (χ0v) is 19.9. The number of aromatic nitrogens is 4. The molecule has 2 aromatic carbocycles. The van der Waals surface area contributed by atoms with Crippen molar-refractivity contribution in [3.8, 4) is 5.75 Å². The van der Waals surface area contributed by atoms with E-state index in [1.165, 1.54) is 0 Å². The van der Waals surface area contributed by atoms with Crippen LogP contribution in [0.4, 0.5) is 0 Å². The van der Waals surface area contributed by atoms with Crippen molar-refractivity contribution in [2.24, 2.45) is 0 Å². The van der Waals surface area contributed by atoms with Gasteiger partial charge in [-0.1, -0.05) is 36.4 Å². The van der Waals surface area contributed by atoms with Crippen LogP contribution < -0.4 is 10.1 Å². The summed E-state index contributed by atoms with van der Waals surface area (Å²) in [5.74, 6) is 1.39. The molecule has 0 radical (unpaired) electrons. The molecule has 0 bridgehead atoms. The van der Waals surface area contributed by atoms with Crippen LogP contribution in [0.1, 0.15) is 45.8 Å². The Morgan fingerprint density at radius 3 is 2.72 bits per heavy atom. The van der Waals surface area contributed by atoms with E-state index in [4.69, 9.17) is 9.72 Å². The Morgan fingerprint density at radius 1 is 1.03 bits per heavy atom. The number of hydrogen-bond acceptors (Lipinski definition) is 5. The van der Waals surface area contributed by atoms with Gasteiger partial charge in [0.15, 0.2) is 11.5 Å². The standard InChI is InChI=1S/C29H25N5O2/c1-36-21-14-12-19(13-15-21)17-20-7-6-9-23-27(22-8-2-3-10-24(22)31-28(20)23)29(35)30-18-26-33-32-25-11-4-5-16-34(25)26/h2-5,8,10-17H,6-7,9,18H2,1H3,(H,30,35)/b20-17+. The molecule has 3 heterocycles. The van der Waals surface area contributed by atoms with Crippen LogP contribution in [-0.2, 0) is 13.0 Å². The minimum Gasteiger partial charge on any atom is -0.497 e. The first-order valence-corrected chi connectivity index (χ1v) is 12.0. The van der Waals surface area contributed by atoms with E-state index in [9.17, 15) is 4.79 Å². The smallest absolute Gasteiger partial charge is 0.252 e. The fraction of sp³-hybridized carbons (Fsp3) is 0.172. The van der Waals surface area contributed by atoms with E-state index in [0.29, 0.717) is 11.4 Å². The van der Waals surface area contributed by atoms with Crippen LogP contribution in [-0.4, -0.2) is 32.6 Å². The summed E-state index contributed by atoms with van der Waals surface area (Å²) in [7, 11) is 1.66. The number of pyridine rings is 2. The predicted molar refractivity (Wildman–Crippen MR) is 140 cm³/mol. The Labute approximate surface area is 208 Å². The second kappa shape index (κ2) is 9.26. The van der Waals surface area contributed by atoms with Gasteiger partial charge in [0.2, 0.25) is 0 Å². The van der Waals surface area contributed by atoms with Crippen molar-refractivity contribution in [2.45, 2.75) is 25.8 Å². The molecule has 0 fully saturated rings. The Balaban J connectivity index is 1.39. The van der Waals surface area contributed by atoms with Gasteiger partial charge in [-0.2, -0.15) is 0 Å². The maximum atomic E-state index is 13.7. The molecule has 1 aliphatic rings. The fourth-order valence-electron chi connectivity index (χ4n) is 4.89. The van der Waals surface area contributed by atoms with E-state index >= 15 is 0 Å². The van der Waals surface area contributed by atoms with E-state index in [1.54, 1.807) is 7.11 Å². The number of fused-ring (bicyclic) bond motifs is 3. The van der Waals surface area contributed by atoms with E-state index in [2.05, 4.69) is 21.6 Å². The number of nitrogens with one attached hydrogen (secondary N) is 1. The van der Waals surface area contributed by atoms with Gasteiger partial charge in [-0.15, -0.1) is 10.2 Å². The lowest BCUT2D eigenvalue weighted by atomic mass is 9.85. The average molecular weight is 476 g/mol. The van der Waals surface area contributed by atoms with Gasteiger partial charge in [0.1, 0.15) is 5.75 Å². The number of para-hydroxylation sites is 1. The van der Waals surface area contributed by atoms with E-state index in [-0.39, 0.29) is 12.5 Å². The van der Waals surface area contributed by atoms with E-state index in [1.807, 2.05) is 77.3 Å². The zero-order valence-electron chi connectivity index (χ0n) is 19.9. The molecular formula is C29H25N5O2. The van der Waals surface area contributed by atoms with Crippen LogP contribution in [0.3, 0.4) is 0 Å². The molecule has 1 aliphatic carbocycles. The first-order chi connectivity index (χ1) is 17.7. The highest BCUT2D eigenvalue weighted by molar-refractivity contribution is 6.09. The van der Waals surface area contributed by atoms with Gasteiger partial charge >= 0.3 is 0 Å². The summed E-state index contributed by atoms with van der Waals surface area (Å²) in [6.45, 7) is 0.282. The molecule has 0 aliphatic heterocycles. The largest absolute Gasteiger partial charge is 0.497 e. The third kappa shape index (κ3) is 3.98. The number of hydrogen-bond donors (Lipinski definition) is 1. The molecule has 0 saturated heterocycles. The van der Waals surface area contributed by atoms with Crippen LogP contribution in [0.25, 0.3) is 28.2 Å². The Bertz CT molecular complexity index is 1620. The van der Waals surface area contributed by atoms with Crippen molar-refractivity contribution in [2.75, 3.05) is 7.11 Å². The maximum Gasteiger partial charge on any atom is 0.252 e. The van der Waals surface area contributed by atoms with Gasteiger partial charge in [0, 0.05) is 11.6 Å². The quantitative estimate of drug-likeness (QED) is 0.383. The maximum absolute atomic E-state index is 13.7. The molecule has 1 amide bonds. The summed E-state index contributed by atoms with van der Waals surface area (Å²) in [4.78, 5) is 18.7. The van der Waals surface area contributed by atoms with Crippen molar-refractivity contribution in [1.29, 1.82) is 0 Å². The first-order valence-electron chi connectivity index (χ1n) is 12.0. The molecule has 36 heavy (non-hydrogen) atoms. The minimum absolute atomic E-state index is 0.122. The van der Waals surface area contributed by atoms with Crippen LogP contribution in [0, 0.1) is 0 Å². The number of carbonyl (C=O) groups is 1. The summed E-state index contributed by atoms with van der Waals surface area (Å²) in [6.07, 6.45) is 6.75. The molecule has 1 N–H and O–H groups in total. The number of methoxy groups -OCH3 is 1. The molecule has 5 aromatic rings. The monoisotopic (exact) mass is 475 g/mol. The molecule has 3 aromatic heterocycles. The van der Waals surface area contributed by atoms with Crippen molar-refractivity contribution in [1.82, 2.24) is 24.9 Å². The SMILES string of the molecule is COc1ccc(/C=C2\CCCc3c2nc2ccccc2c3C(=O)NCc2nnc3ccccn23)cc1. The third-order valence-electron chi connectivity index (χ3n) is 6.65. The molecular weight excluding hydrogens is 450 g/mol. The lowest BCUT2D eigenvalue weighted by molar-refractivity contribution is 0.0950. The zero-order chi connectivity index (χ0) is 24.5. The average Bonchev–Trinajstić information content (AvgIpc) is 3.34. The van der Waals surface area contributed by atoms with Crippen molar-refractivity contribution in [3.05, 3.63) is 101 Å². The number of carbonyl (C=O) groups excluding carboxylic acids is 1. The van der Waals surface area contributed by atoms with Crippen molar-refractivity contribution >= 4 is 34.1 Å². The highest BCUT2D eigenvalue weighted by Crippen LogP contribution is 2.36. The van der Waals surface area contributed by atoms with Crippen molar-refractivity contribution in [3.63, 3.8) is 0 Å². The van der Waals surface area contributed by atoms with Gasteiger partial charge in [0.25, 0.3) is 5.91 Å². The van der Waals surface area contributed by atoms with Crippen LogP contribution in [0.15, 0.2) is 72.9 Å². The number of benzene rings is 2. The lowest BCUT2D eigenvalue weighted by Crippen LogP contribution is -2.26. The Morgan fingerprint density at radius 2 is 1.86 bits per heavy atom. The van der Waals surface area contributed by atoms with Crippen molar-refractivity contribution < 1.29 is 9.53 Å². The second-order valence-corrected chi connectivity index (χ2v) is 8.86. The summed E-state index contributed by atoms with van der Waals surface area (Å²) in [6, 6.07) is 21.6. The lowest BCUT2D eigenvalue weighted by Gasteiger charge is -2.23. The molecule has 6 rings (SSSR count). The number of rotatable bonds is 5. The molecule has 0 saturated carbocycles.